The fourth-order valence-electron chi connectivity index (χ4n) is 4.37. The number of halogens is 1. The number of fused-ring (bicyclic) bond motifs is 2. The van der Waals surface area contributed by atoms with Crippen molar-refractivity contribution in [2.24, 2.45) is 0 Å². The molecule has 1 N–H and O–H groups in total. The fourth-order valence-corrected chi connectivity index (χ4v) is 4.37. The van der Waals surface area contributed by atoms with Gasteiger partial charge in [0.2, 0.25) is 5.95 Å². The minimum atomic E-state index is -0.621. The average molecular weight is 394 g/mol. The number of rotatable bonds is 3. The first-order valence-corrected chi connectivity index (χ1v) is 9.94. The molecule has 1 aromatic carbocycles. The zero-order valence-corrected chi connectivity index (χ0v) is 16.2. The molecule has 0 unspecified atom stereocenters. The lowest BCUT2D eigenvalue weighted by Crippen LogP contribution is -2.43. The summed E-state index contributed by atoms with van der Waals surface area (Å²) in [7, 11) is 0. The van der Waals surface area contributed by atoms with E-state index in [9.17, 15) is 9.18 Å². The molecular weight excluding hydrogens is 371 g/mol. The number of hydrogen-bond acceptors (Lipinski definition) is 4. The third-order valence-electron chi connectivity index (χ3n) is 5.85. The first-order chi connectivity index (χ1) is 14.1. The van der Waals surface area contributed by atoms with E-state index in [4.69, 9.17) is 4.74 Å². The molecule has 150 valence electrons. The highest BCUT2D eigenvalue weighted by Gasteiger charge is 2.38. The summed E-state index contributed by atoms with van der Waals surface area (Å²) in [6.07, 6.45) is 2.48. The molecule has 6 nitrogen and oxygen atoms in total. The summed E-state index contributed by atoms with van der Waals surface area (Å²) >= 11 is 0. The molecule has 3 aromatic rings. The van der Waals surface area contributed by atoms with Crippen molar-refractivity contribution >= 4 is 11.6 Å². The van der Waals surface area contributed by atoms with Gasteiger partial charge in [-0.25, -0.2) is 4.98 Å². The molecule has 3 atom stereocenters. The van der Waals surface area contributed by atoms with E-state index in [-0.39, 0.29) is 23.9 Å². The number of pyridine rings is 1. The third kappa shape index (κ3) is 3.41. The number of benzene rings is 1. The van der Waals surface area contributed by atoms with E-state index in [0.717, 1.165) is 25.1 Å². The van der Waals surface area contributed by atoms with Crippen molar-refractivity contribution in [2.45, 2.75) is 31.5 Å². The normalized spacial score (nSPS) is 24.6. The van der Waals surface area contributed by atoms with Crippen molar-refractivity contribution in [1.82, 2.24) is 19.6 Å². The summed E-state index contributed by atoms with van der Waals surface area (Å²) in [5.74, 6) is -1.08. The lowest BCUT2D eigenvalue weighted by atomic mass is 10.1. The van der Waals surface area contributed by atoms with Crippen LogP contribution in [0.15, 0.2) is 48.7 Å². The van der Waals surface area contributed by atoms with Gasteiger partial charge in [0.1, 0.15) is 5.65 Å². The van der Waals surface area contributed by atoms with Crippen LogP contribution in [0.1, 0.15) is 34.1 Å². The van der Waals surface area contributed by atoms with Crippen LogP contribution in [0, 0.1) is 12.9 Å². The van der Waals surface area contributed by atoms with Gasteiger partial charge in [-0.2, -0.15) is 4.39 Å². The lowest BCUT2D eigenvalue weighted by molar-refractivity contribution is -0.0502. The molecule has 2 aliphatic rings. The molecule has 4 heterocycles. The number of aryl methyl sites for hydroxylation is 1. The van der Waals surface area contributed by atoms with Gasteiger partial charge in [0.25, 0.3) is 5.91 Å². The topological polar surface area (TPSA) is 58.9 Å². The van der Waals surface area contributed by atoms with Crippen LogP contribution in [0.25, 0.3) is 5.65 Å². The van der Waals surface area contributed by atoms with Crippen molar-refractivity contribution < 1.29 is 13.9 Å². The largest absolute Gasteiger partial charge is 0.371 e. The van der Waals surface area contributed by atoms with Gasteiger partial charge in [-0.3, -0.25) is 14.1 Å². The minimum Gasteiger partial charge on any atom is -0.371 e. The SMILES string of the molecule is Cc1ccc2nc(C(=O)N[C@@H]3C[C@H]4CO[C@@H](c5ccccc5)CN4C3)c(F)n2c1. The zero-order valence-electron chi connectivity index (χ0n) is 16.2. The summed E-state index contributed by atoms with van der Waals surface area (Å²) in [4.78, 5) is 19.2. The molecule has 0 bridgehead atoms. The molecule has 2 fully saturated rings. The second-order valence-electron chi connectivity index (χ2n) is 7.93. The number of carbonyl (C=O) groups is 1. The number of carbonyl (C=O) groups excluding carboxylic acids is 1. The van der Waals surface area contributed by atoms with Crippen LogP contribution < -0.4 is 5.32 Å². The second kappa shape index (κ2) is 7.24. The van der Waals surface area contributed by atoms with E-state index in [2.05, 4.69) is 27.3 Å². The van der Waals surface area contributed by atoms with Gasteiger partial charge in [0, 0.05) is 31.4 Å². The van der Waals surface area contributed by atoms with E-state index in [1.54, 1.807) is 12.3 Å². The Labute approximate surface area is 168 Å². The van der Waals surface area contributed by atoms with E-state index in [0.29, 0.717) is 12.3 Å². The van der Waals surface area contributed by atoms with Gasteiger partial charge in [-0.15, -0.1) is 0 Å². The monoisotopic (exact) mass is 394 g/mol. The molecule has 7 heteroatoms. The number of imidazole rings is 1. The van der Waals surface area contributed by atoms with Crippen molar-refractivity contribution in [1.29, 1.82) is 0 Å². The van der Waals surface area contributed by atoms with Crippen LogP contribution in [0.3, 0.4) is 0 Å². The minimum absolute atomic E-state index is 0.0426. The number of aromatic nitrogens is 2. The third-order valence-corrected chi connectivity index (χ3v) is 5.85. The van der Waals surface area contributed by atoms with Crippen LogP contribution >= 0.6 is 0 Å². The predicted octanol–water partition coefficient (Wildman–Crippen LogP) is 2.73. The Morgan fingerprint density at radius 2 is 2.03 bits per heavy atom. The second-order valence-corrected chi connectivity index (χ2v) is 7.93. The van der Waals surface area contributed by atoms with Gasteiger partial charge in [-0.05, 0) is 30.5 Å². The number of nitrogens with one attached hydrogen (secondary N) is 1. The molecule has 2 aliphatic heterocycles. The van der Waals surface area contributed by atoms with Gasteiger partial charge in [-0.1, -0.05) is 36.4 Å². The number of hydrogen-bond donors (Lipinski definition) is 1. The summed E-state index contributed by atoms with van der Waals surface area (Å²) in [6.45, 7) is 4.03. The zero-order chi connectivity index (χ0) is 20.0. The quantitative estimate of drug-likeness (QED) is 0.742. The van der Waals surface area contributed by atoms with Crippen molar-refractivity contribution in [3.8, 4) is 0 Å². The van der Waals surface area contributed by atoms with Crippen LogP contribution in [-0.2, 0) is 4.74 Å². The highest BCUT2D eigenvalue weighted by molar-refractivity contribution is 5.93. The Balaban J connectivity index is 1.27. The number of amides is 1. The molecule has 0 saturated carbocycles. The van der Waals surface area contributed by atoms with Crippen LogP contribution in [0.5, 0.6) is 0 Å². The highest BCUT2D eigenvalue weighted by atomic mass is 19.1. The summed E-state index contributed by atoms with van der Waals surface area (Å²) in [5.41, 5.74) is 2.35. The maximum atomic E-state index is 14.7. The number of ether oxygens (including phenoxy) is 1. The van der Waals surface area contributed by atoms with E-state index in [1.807, 2.05) is 31.2 Å². The van der Waals surface area contributed by atoms with Crippen molar-refractivity contribution in [3.63, 3.8) is 0 Å². The standard InChI is InChI=1S/C22H23FN4O2/c1-14-7-8-19-25-20(21(23)27(19)10-14)22(28)24-16-9-17-13-29-18(12-26(17)11-16)15-5-3-2-4-6-15/h2-8,10,16-18H,9,11-13H2,1H3,(H,24,28)/t16-,17+,18-/m1/s1. The number of morpholine rings is 1. The lowest BCUT2D eigenvalue weighted by Gasteiger charge is -2.35. The van der Waals surface area contributed by atoms with Gasteiger partial charge in [0.15, 0.2) is 5.69 Å². The highest BCUT2D eigenvalue weighted by Crippen LogP contribution is 2.30. The smallest absolute Gasteiger partial charge is 0.274 e. The summed E-state index contributed by atoms with van der Waals surface area (Å²) in [6, 6.07) is 14.0. The number of nitrogens with zero attached hydrogens (tertiary/aromatic N) is 3. The first-order valence-electron chi connectivity index (χ1n) is 9.94. The maximum Gasteiger partial charge on any atom is 0.274 e. The summed E-state index contributed by atoms with van der Waals surface area (Å²) < 4.78 is 22.1. The Bertz CT molecular complexity index is 1050. The molecule has 0 spiro atoms. The molecule has 2 saturated heterocycles. The van der Waals surface area contributed by atoms with E-state index >= 15 is 0 Å². The fraction of sp³-hybridized carbons (Fsp3) is 0.364. The molecule has 1 amide bonds. The van der Waals surface area contributed by atoms with Crippen molar-refractivity contribution in [3.05, 3.63) is 71.4 Å². The Kier molecular flexibility index (Phi) is 4.56. The summed E-state index contributed by atoms with van der Waals surface area (Å²) in [5, 5.41) is 2.97. The molecule has 0 radical (unpaired) electrons. The van der Waals surface area contributed by atoms with Gasteiger partial charge >= 0.3 is 0 Å². The molecule has 0 aliphatic carbocycles. The van der Waals surface area contributed by atoms with Gasteiger partial charge < -0.3 is 10.1 Å². The molecule has 5 rings (SSSR count). The van der Waals surface area contributed by atoms with E-state index in [1.165, 1.54) is 9.96 Å². The Morgan fingerprint density at radius 1 is 1.21 bits per heavy atom. The van der Waals surface area contributed by atoms with Crippen LogP contribution in [-0.4, -0.2) is 52.0 Å². The maximum absolute atomic E-state index is 14.7. The Hall–Kier alpha value is -2.77. The Morgan fingerprint density at radius 3 is 2.86 bits per heavy atom. The average Bonchev–Trinajstić information content (AvgIpc) is 3.28. The van der Waals surface area contributed by atoms with E-state index < -0.39 is 11.9 Å². The van der Waals surface area contributed by atoms with Crippen LogP contribution in [0.2, 0.25) is 0 Å². The van der Waals surface area contributed by atoms with Crippen LogP contribution in [0.4, 0.5) is 4.39 Å². The molecule has 29 heavy (non-hydrogen) atoms. The van der Waals surface area contributed by atoms with Gasteiger partial charge in [0.05, 0.1) is 12.7 Å². The molecular formula is C22H23FN4O2. The van der Waals surface area contributed by atoms with Crippen molar-refractivity contribution in [2.75, 3.05) is 19.7 Å². The predicted molar refractivity (Wildman–Crippen MR) is 106 cm³/mol. The molecule has 2 aromatic heterocycles. The first kappa shape index (κ1) is 18.3.